The van der Waals surface area contributed by atoms with Gasteiger partial charge in [-0.1, -0.05) is 0 Å². The van der Waals surface area contributed by atoms with Crippen molar-refractivity contribution in [3.8, 4) is 0 Å². The molecule has 1 heterocycles. The highest BCUT2D eigenvalue weighted by Crippen LogP contribution is 2.42. The number of aryl methyl sites for hydroxylation is 1. The second-order valence-corrected chi connectivity index (χ2v) is 4.03. The molecule has 82 valence electrons. The van der Waals surface area contributed by atoms with E-state index in [4.69, 9.17) is 9.84 Å². The van der Waals surface area contributed by atoms with E-state index in [1.54, 1.807) is 13.2 Å². The molecule has 1 saturated carbocycles. The monoisotopic (exact) mass is 208 g/mol. The molecule has 15 heavy (non-hydrogen) atoms. The summed E-state index contributed by atoms with van der Waals surface area (Å²) in [4.78, 5) is 8.73. The molecule has 1 aromatic rings. The van der Waals surface area contributed by atoms with Gasteiger partial charge >= 0.3 is 0 Å². The molecule has 1 aliphatic rings. The number of rotatable bonds is 3. The molecule has 1 N–H and O–H groups in total. The number of aromatic nitrogens is 2. The molecule has 1 aliphatic carbocycles. The standard InChI is InChI=1S/C11H16N2O2/c1-8-6-9(7-14)13-10(12-8)11(15-2)4-3-5-11/h6,14H,3-5,7H2,1-2H3. The number of aliphatic hydroxyl groups is 1. The molecule has 0 atom stereocenters. The lowest BCUT2D eigenvalue weighted by Crippen LogP contribution is -2.38. The van der Waals surface area contributed by atoms with Crippen LogP contribution in [0.4, 0.5) is 0 Å². The van der Waals surface area contributed by atoms with Crippen molar-refractivity contribution in [3.63, 3.8) is 0 Å². The van der Waals surface area contributed by atoms with Crippen molar-refractivity contribution in [1.82, 2.24) is 9.97 Å². The first-order valence-corrected chi connectivity index (χ1v) is 5.21. The molecule has 2 rings (SSSR count). The minimum Gasteiger partial charge on any atom is -0.390 e. The molecule has 1 aromatic heterocycles. The molecule has 4 nitrogen and oxygen atoms in total. The Labute approximate surface area is 89.3 Å². The van der Waals surface area contributed by atoms with E-state index < -0.39 is 0 Å². The quantitative estimate of drug-likeness (QED) is 0.813. The van der Waals surface area contributed by atoms with E-state index in [1.807, 2.05) is 6.92 Å². The highest BCUT2D eigenvalue weighted by molar-refractivity contribution is 5.15. The number of hydrogen-bond acceptors (Lipinski definition) is 4. The zero-order valence-corrected chi connectivity index (χ0v) is 9.16. The molecule has 1 fully saturated rings. The van der Waals surface area contributed by atoms with Crippen molar-refractivity contribution >= 4 is 0 Å². The summed E-state index contributed by atoms with van der Waals surface area (Å²) in [6.45, 7) is 1.86. The molecule has 0 radical (unpaired) electrons. The largest absolute Gasteiger partial charge is 0.390 e. The Morgan fingerprint density at radius 3 is 2.67 bits per heavy atom. The van der Waals surface area contributed by atoms with Gasteiger partial charge < -0.3 is 9.84 Å². The Morgan fingerprint density at radius 1 is 1.47 bits per heavy atom. The van der Waals surface area contributed by atoms with Gasteiger partial charge in [0.15, 0.2) is 5.82 Å². The number of ether oxygens (including phenoxy) is 1. The van der Waals surface area contributed by atoms with Crippen LogP contribution in [0.25, 0.3) is 0 Å². The zero-order valence-electron chi connectivity index (χ0n) is 9.16. The fourth-order valence-electron chi connectivity index (χ4n) is 1.94. The van der Waals surface area contributed by atoms with Gasteiger partial charge in [-0.05, 0) is 32.3 Å². The Hall–Kier alpha value is -1.00. The van der Waals surface area contributed by atoms with Gasteiger partial charge in [0, 0.05) is 12.8 Å². The fourth-order valence-corrected chi connectivity index (χ4v) is 1.94. The number of hydrogen-bond donors (Lipinski definition) is 1. The molecule has 0 saturated heterocycles. The van der Waals surface area contributed by atoms with Gasteiger partial charge in [-0.3, -0.25) is 0 Å². The Kier molecular flexibility index (Phi) is 2.71. The van der Waals surface area contributed by atoms with E-state index >= 15 is 0 Å². The van der Waals surface area contributed by atoms with Crippen LogP contribution in [0.2, 0.25) is 0 Å². The average Bonchev–Trinajstić information content (AvgIpc) is 2.16. The van der Waals surface area contributed by atoms with Crippen LogP contribution in [-0.4, -0.2) is 22.2 Å². The van der Waals surface area contributed by atoms with Crippen LogP contribution >= 0.6 is 0 Å². The SMILES string of the molecule is COC1(c2nc(C)cc(CO)n2)CCC1. The van der Waals surface area contributed by atoms with Gasteiger partial charge in [0.1, 0.15) is 5.60 Å². The molecule has 0 bridgehead atoms. The second-order valence-electron chi connectivity index (χ2n) is 4.03. The zero-order chi connectivity index (χ0) is 10.9. The third kappa shape index (κ3) is 1.75. The molecule has 0 unspecified atom stereocenters. The minimum atomic E-state index is -0.296. The summed E-state index contributed by atoms with van der Waals surface area (Å²) < 4.78 is 5.51. The topological polar surface area (TPSA) is 55.2 Å². The highest BCUT2D eigenvalue weighted by Gasteiger charge is 2.41. The molecular weight excluding hydrogens is 192 g/mol. The van der Waals surface area contributed by atoms with E-state index in [0.29, 0.717) is 5.69 Å². The first-order valence-electron chi connectivity index (χ1n) is 5.21. The third-order valence-corrected chi connectivity index (χ3v) is 3.03. The van der Waals surface area contributed by atoms with Crippen LogP contribution < -0.4 is 0 Å². The lowest BCUT2D eigenvalue weighted by atomic mass is 9.79. The molecule has 0 spiro atoms. The number of methoxy groups -OCH3 is 1. The van der Waals surface area contributed by atoms with Gasteiger partial charge in [0.05, 0.1) is 12.3 Å². The number of nitrogens with zero attached hydrogens (tertiary/aromatic N) is 2. The molecule has 0 aliphatic heterocycles. The smallest absolute Gasteiger partial charge is 0.160 e. The maximum atomic E-state index is 9.08. The van der Waals surface area contributed by atoms with Crippen molar-refractivity contribution in [3.05, 3.63) is 23.3 Å². The summed E-state index contributed by atoms with van der Waals surface area (Å²) in [5.74, 6) is 0.722. The minimum absolute atomic E-state index is 0.0455. The molecule has 0 amide bonds. The molecule has 0 aromatic carbocycles. The number of aliphatic hydroxyl groups excluding tert-OH is 1. The summed E-state index contributed by atoms with van der Waals surface area (Å²) in [7, 11) is 1.70. The van der Waals surface area contributed by atoms with Crippen LogP contribution in [0.1, 0.15) is 36.5 Å². The lowest BCUT2D eigenvalue weighted by molar-refractivity contribution is -0.0849. The van der Waals surface area contributed by atoms with Crippen LogP contribution in [0, 0.1) is 6.92 Å². The van der Waals surface area contributed by atoms with Crippen molar-refractivity contribution in [2.75, 3.05) is 7.11 Å². The first-order chi connectivity index (χ1) is 7.20. The Balaban J connectivity index is 2.38. The second kappa shape index (κ2) is 3.87. The summed E-state index contributed by atoms with van der Waals surface area (Å²) in [6, 6.07) is 1.80. The maximum Gasteiger partial charge on any atom is 0.160 e. The normalized spacial score (nSPS) is 18.6. The lowest BCUT2D eigenvalue weighted by Gasteiger charge is -2.39. The van der Waals surface area contributed by atoms with E-state index in [0.717, 1.165) is 30.8 Å². The van der Waals surface area contributed by atoms with E-state index in [1.165, 1.54) is 0 Å². The Bertz CT molecular complexity index is 356. The molecule has 4 heteroatoms. The first kappa shape index (κ1) is 10.5. The summed E-state index contributed by atoms with van der Waals surface area (Å²) in [6.07, 6.45) is 3.09. The van der Waals surface area contributed by atoms with Crippen LogP contribution in [-0.2, 0) is 16.9 Å². The van der Waals surface area contributed by atoms with Gasteiger partial charge in [-0.2, -0.15) is 0 Å². The van der Waals surface area contributed by atoms with E-state index in [2.05, 4.69) is 9.97 Å². The van der Waals surface area contributed by atoms with Gasteiger partial charge in [-0.15, -0.1) is 0 Å². The van der Waals surface area contributed by atoms with Crippen molar-refractivity contribution in [2.24, 2.45) is 0 Å². The predicted octanol–water partition coefficient (Wildman–Crippen LogP) is 1.30. The summed E-state index contributed by atoms with van der Waals surface area (Å²) >= 11 is 0. The Morgan fingerprint density at radius 2 is 2.20 bits per heavy atom. The van der Waals surface area contributed by atoms with Crippen LogP contribution in [0.5, 0.6) is 0 Å². The fraction of sp³-hybridized carbons (Fsp3) is 0.636. The van der Waals surface area contributed by atoms with E-state index in [-0.39, 0.29) is 12.2 Å². The van der Waals surface area contributed by atoms with Crippen LogP contribution in [0.15, 0.2) is 6.07 Å². The van der Waals surface area contributed by atoms with Crippen molar-refractivity contribution in [1.29, 1.82) is 0 Å². The third-order valence-electron chi connectivity index (χ3n) is 3.03. The van der Waals surface area contributed by atoms with Gasteiger partial charge in [0.25, 0.3) is 0 Å². The van der Waals surface area contributed by atoms with E-state index in [9.17, 15) is 0 Å². The van der Waals surface area contributed by atoms with Crippen LogP contribution in [0.3, 0.4) is 0 Å². The van der Waals surface area contributed by atoms with Gasteiger partial charge in [-0.25, -0.2) is 9.97 Å². The highest BCUT2D eigenvalue weighted by atomic mass is 16.5. The van der Waals surface area contributed by atoms with Gasteiger partial charge in [0.2, 0.25) is 0 Å². The molecular formula is C11H16N2O2. The van der Waals surface area contributed by atoms with Crippen molar-refractivity contribution in [2.45, 2.75) is 38.4 Å². The summed E-state index contributed by atoms with van der Waals surface area (Å²) in [5.41, 5.74) is 1.25. The van der Waals surface area contributed by atoms with Crippen molar-refractivity contribution < 1.29 is 9.84 Å². The summed E-state index contributed by atoms with van der Waals surface area (Å²) in [5, 5.41) is 9.08. The average molecular weight is 208 g/mol. The predicted molar refractivity (Wildman–Crippen MR) is 55.2 cm³/mol. The maximum absolute atomic E-state index is 9.08.